The van der Waals surface area contributed by atoms with Crippen molar-refractivity contribution in [3.63, 3.8) is 0 Å². The molecule has 0 spiro atoms. The summed E-state index contributed by atoms with van der Waals surface area (Å²) in [5.74, 6) is 3.86. The Morgan fingerprint density at radius 2 is 0.558 bits per heavy atom. The maximum atomic E-state index is 10.7. The molecule has 260 valence electrons. The molecule has 4 N–H and O–H groups in total. The van der Waals surface area contributed by atoms with Crippen LogP contribution in [0.1, 0.15) is 147 Å². The van der Waals surface area contributed by atoms with Crippen molar-refractivity contribution in [3.05, 3.63) is 0 Å². The van der Waals surface area contributed by atoms with Crippen molar-refractivity contribution in [2.24, 2.45) is 35.5 Å². The van der Waals surface area contributed by atoms with E-state index in [0.717, 1.165) is 61.9 Å². The summed E-state index contributed by atoms with van der Waals surface area (Å²) >= 11 is 0. The van der Waals surface area contributed by atoms with E-state index >= 15 is 0 Å². The third-order valence-corrected chi connectivity index (χ3v) is 17.3. The summed E-state index contributed by atoms with van der Waals surface area (Å²) in [5, 5.41) is 17.8. The monoisotopic (exact) mass is 681 g/mol. The number of hydrogen-bond acceptors (Lipinski definition) is 4. The molecule has 7 heteroatoms. The molecule has 0 unspecified atom stereocenters. The molecule has 0 saturated heterocycles. The molecule has 2 aliphatic rings. The van der Waals surface area contributed by atoms with Gasteiger partial charge in [-0.1, -0.05) is 122 Å². The van der Waals surface area contributed by atoms with Crippen molar-refractivity contribution in [2.75, 3.05) is 0 Å². The Bertz CT molecular complexity index is 497. The van der Waals surface area contributed by atoms with Crippen molar-refractivity contribution >= 4 is 16.6 Å². The van der Waals surface area contributed by atoms with E-state index in [4.69, 9.17) is 10.2 Å². The van der Waals surface area contributed by atoms with Gasteiger partial charge in [0, 0.05) is 21.7 Å². The second kappa shape index (κ2) is 27.0. The van der Waals surface area contributed by atoms with Gasteiger partial charge in [0.05, 0.1) is 12.2 Å². The molecule has 0 aromatic heterocycles. The van der Waals surface area contributed by atoms with Gasteiger partial charge in [-0.05, 0) is 97.5 Å². The van der Waals surface area contributed by atoms with E-state index in [0.29, 0.717) is 35.5 Å². The first-order valence-electron chi connectivity index (χ1n) is 18.1. The standard InChI is InChI=1S/2C12H28OSi.2C6H12O.Ti/c2*1-10(2)7-14(13,8-11(3)4)9-12(5)6;2*7-6-4-2-1-3-5-6;/h2*10-13H,7-9H2,1-6H3;2*6-7H,1-5H2;. The van der Waals surface area contributed by atoms with Gasteiger partial charge in [-0.2, -0.15) is 0 Å². The zero-order valence-electron chi connectivity index (χ0n) is 31.2. The largest absolute Gasteiger partial charge is 0.432 e. The molecule has 0 amide bonds. The van der Waals surface area contributed by atoms with Gasteiger partial charge in [-0.3, -0.25) is 0 Å². The van der Waals surface area contributed by atoms with Crippen LogP contribution in [0, 0.1) is 35.5 Å². The van der Waals surface area contributed by atoms with Gasteiger partial charge in [-0.25, -0.2) is 0 Å². The minimum Gasteiger partial charge on any atom is -0.432 e. The number of aliphatic hydroxyl groups is 2. The molecular weight excluding hydrogens is 600 g/mol. The van der Waals surface area contributed by atoms with E-state index in [2.05, 4.69) is 83.1 Å². The fraction of sp³-hybridized carbons (Fsp3) is 1.00. The molecule has 0 aromatic rings. The van der Waals surface area contributed by atoms with Crippen LogP contribution in [0.25, 0.3) is 0 Å². The second-order valence-electron chi connectivity index (χ2n) is 16.6. The quantitative estimate of drug-likeness (QED) is 0.155. The van der Waals surface area contributed by atoms with Crippen molar-refractivity contribution in [1.29, 1.82) is 0 Å². The predicted octanol–water partition coefficient (Wildman–Crippen LogP) is 10.4. The number of aliphatic hydroxyl groups excluding tert-OH is 2. The Morgan fingerprint density at radius 1 is 0.395 bits per heavy atom. The smallest absolute Gasteiger partial charge is 0.189 e. The third-order valence-electron chi connectivity index (χ3n) is 7.88. The summed E-state index contributed by atoms with van der Waals surface area (Å²) in [5.41, 5.74) is 0. The first-order chi connectivity index (χ1) is 19.3. The Morgan fingerprint density at radius 3 is 0.651 bits per heavy atom. The molecule has 4 nitrogen and oxygen atoms in total. The Kier molecular flexibility index (Phi) is 30.4. The van der Waals surface area contributed by atoms with Crippen LogP contribution >= 0.6 is 0 Å². The average Bonchev–Trinajstić information content (AvgIpc) is 2.77. The molecule has 2 aliphatic carbocycles. The van der Waals surface area contributed by atoms with Crippen LogP contribution in [0.15, 0.2) is 0 Å². The molecule has 43 heavy (non-hydrogen) atoms. The predicted molar refractivity (Wildman–Crippen MR) is 192 cm³/mol. The van der Waals surface area contributed by atoms with Gasteiger partial charge in [0.1, 0.15) is 0 Å². The van der Waals surface area contributed by atoms with Gasteiger partial charge in [0.15, 0.2) is 16.6 Å². The van der Waals surface area contributed by atoms with Crippen LogP contribution in [-0.2, 0) is 21.7 Å². The maximum absolute atomic E-state index is 10.7. The van der Waals surface area contributed by atoms with Crippen LogP contribution in [0.3, 0.4) is 0 Å². The van der Waals surface area contributed by atoms with Gasteiger partial charge in [-0.15, -0.1) is 0 Å². The summed E-state index contributed by atoms with van der Waals surface area (Å²) < 4.78 is 0. The molecule has 2 saturated carbocycles. The van der Waals surface area contributed by atoms with Crippen LogP contribution in [0.4, 0.5) is 0 Å². The van der Waals surface area contributed by atoms with Crippen molar-refractivity contribution < 1.29 is 41.5 Å². The van der Waals surface area contributed by atoms with Gasteiger partial charge >= 0.3 is 0 Å². The minimum atomic E-state index is -1.94. The molecule has 0 aliphatic heterocycles. The fourth-order valence-corrected chi connectivity index (χ4v) is 17.3. The third kappa shape index (κ3) is 32.7. The zero-order chi connectivity index (χ0) is 32.9. The van der Waals surface area contributed by atoms with Gasteiger partial charge < -0.3 is 19.8 Å². The Balaban J connectivity index is -0.000000514. The number of rotatable bonds is 12. The van der Waals surface area contributed by atoms with Crippen LogP contribution < -0.4 is 0 Å². The fourth-order valence-electron chi connectivity index (χ4n) is 7.22. The Hall–Kier alpha value is 0.988. The zero-order valence-corrected chi connectivity index (χ0v) is 34.8. The summed E-state index contributed by atoms with van der Waals surface area (Å²) in [4.78, 5) is 21.3. The normalized spacial score (nSPS) is 16.9. The van der Waals surface area contributed by atoms with E-state index in [1.165, 1.54) is 38.5 Å². The van der Waals surface area contributed by atoms with Crippen LogP contribution in [-0.4, -0.2) is 48.6 Å². The van der Waals surface area contributed by atoms with E-state index in [-0.39, 0.29) is 33.9 Å². The van der Waals surface area contributed by atoms with Gasteiger partial charge in [0.25, 0.3) is 0 Å². The summed E-state index contributed by atoms with van der Waals surface area (Å²) in [7, 11) is -3.88. The van der Waals surface area contributed by atoms with E-state index in [9.17, 15) is 9.59 Å². The summed E-state index contributed by atoms with van der Waals surface area (Å²) in [6.07, 6.45) is 11.8. The number of hydrogen-bond donors (Lipinski definition) is 4. The molecular formula is C36H80O4Si2Ti. The molecule has 2 fully saturated rings. The van der Waals surface area contributed by atoms with Crippen molar-refractivity contribution in [1.82, 2.24) is 0 Å². The maximum Gasteiger partial charge on any atom is 0.189 e. The van der Waals surface area contributed by atoms with Gasteiger partial charge in [0.2, 0.25) is 0 Å². The van der Waals surface area contributed by atoms with Crippen molar-refractivity contribution in [3.8, 4) is 0 Å². The SMILES string of the molecule is CC(C)C[Si](O)(CC(C)C)CC(C)C.CC(C)C[Si](O)(CC(C)C)CC(C)C.OC1CCCCC1.OC1CCCCC1.[Ti]. The molecule has 0 bridgehead atoms. The van der Waals surface area contributed by atoms with E-state index in [1.807, 2.05) is 0 Å². The minimum absolute atomic E-state index is 0. The first-order valence-corrected chi connectivity index (χ1v) is 23.2. The molecule has 0 aromatic carbocycles. The molecule has 2 rings (SSSR count). The van der Waals surface area contributed by atoms with Crippen molar-refractivity contribution in [2.45, 2.75) is 196 Å². The van der Waals surface area contributed by atoms with E-state index < -0.39 is 16.6 Å². The topological polar surface area (TPSA) is 80.9 Å². The summed E-state index contributed by atoms with van der Waals surface area (Å²) in [6.45, 7) is 26.7. The first kappa shape index (κ1) is 48.4. The van der Waals surface area contributed by atoms with Crippen LogP contribution in [0.5, 0.6) is 0 Å². The second-order valence-corrected chi connectivity index (χ2v) is 24.0. The summed E-state index contributed by atoms with van der Waals surface area (Å²) in [6, 6.07) is 6.44. The average molecular weight is 681 g/mol. The Labute approximate surface area is 288 Å². The molecule has 0 atom stereocenters. The molecule has 0 radical (unpaired) electrons. The van der Waals surface area contributed by atoms with E-state index in [1.54, 1.807) is 0 Å². The van der Waals surface area contributed by atoms with Crippen LogP contribution in [0.2, 0.25) is 36.3 Å². The molecule has 0 heterocycles.